The van der Waals surface area contributed by atoms with Crippen molar-refractivity contribution in [2.45, 2.75) is 32.0 Å². The molecule has 3 heterocycles. The molecule has 0 atom stereocenters. The standard InChI is InChI=1S/C24H24N4O2/c25-16-20-3-1-4-21(15-20)24(29)28(18-23-5-2-14-30-23)22-8-12-27(13-9-22)17-19-6-10-26-11-7-19/h1-7,10-11,14-15,22H,8-9,12-13,17-18H2. The Morgan fingerprint density at radius 1 is 1.17 bits per heavy atom. The van der Waals surface area contributed by atoms with Crippen molar-refractivity contribution >= 4 is 5.91 Å². The number of pyridine rings is 1. The quantitative estimate of drug-likeness (QED) is 0.628. The fourth-order valence-electron chi connectivity index (χ4n) is 3.96. The van der Waals surface area contributed by atoms with E-state index in [1.54, 1.807) is 30.5 Å². The molecule has 0 N–H and O–H groups in total. The normalized spacial score (nSPS) is 14.9. The number of rotatable bonds is 6. The number of carbonyl (C=O) groups excluding carboxylic acids is 1. The summed E-state index contributed by atoms with van der Waals surface area (Å²) in [4.78, 5) is 21.8. The van der Waals surface area contributed by atoms with Gasteiger partial charge in [0.1, 0.15) is 5.76 Å². The molecule has 1 fully saturated rings. The summed E-state index contributed by atoms with van der Waals surface area (Å²) in [6.07, 6.45) is 7.07. The van der Waals surface area contributed by atoms with Crippen molar-refractivity contribution in [2.75, 3.05) is 13.1 Å². The second kappa shape index (κ2) is 9.38. The topological polar surface area (TPSA) is 73.4 Å². The zero-order valence-electron chi connectivity index (χ0n) is 16.8. The second-order valence-corrected chi connectivity index (χ2v) is 7.57. The van der Waals surface area contributed by atoms with E-state index in [4.69, 9.17) is 4.42 Å². The second-order valence-electron chi connectivity index (χ2n) is 7.57. The molecule has 0 radical (unpaired) electrons. The van der Waals surface area contributed by atoms with Crippen LogP contribution in [0.4, 0.5) is 0 Å². The van der Waals surface area contributed by atoms with E-state index >= 15 is 0 Å². The van der Waals surface area contributed by atoms with Gasteiger partial charge in [-0.2, -0.15) is 5.26 Å². The van der Waals surface area contributed by atoms with E-state index in [1.165, 1.54) is 5.56 Å². The summed E-state index contributed by atoms with van der Waals surface area (Å²) in [7, 11) is 0. The highest BCUT2D eigenvalue weighted by Gasteiger charge is 2.29. The first kappa shape index (κ1) is 19.9. The van der Waals surface area contributed by atoms with Crippen molar-refractivity contribution in [3.63, 3.8) is 0 Å². The van der Waals surface area contributed by atoms with E-state index in [-0.39, 0.29) is 11.9 Å². The molecule has 3 aromatic rings. The van der Waals surface area contributed by atoms with Crippen molar-refractivity contribution in [1.29, 1.82) is 5.26 Å². The number of nitrogens with zero attached hydrogens (tertiary/aromatic N) is 4. The van der Waals surface area contributed by atoms with E-state index in [2.05, 4.69) is 16.0 Å². The highest BCUT2D eigenvalue weighted by atomic mass is 16.3. The van der Waals surface area contributed by atoms with Crippen LogP contribution in [-0.4, -0.2) is 39.8 Å². The maximum absolute atomic E-state index is 13.4. The van der Waals surface area contributed by atoms with Crippen LogP contribution in [-0.2, 0) is 13.1 Å². The number of furan rings is 1. The van der Waals surface area contributed by atoms with E-state index in [9.17, 15) is 10.1 Å². The Morgan fingerprint density at radius 3 is 2.67 bits per heavy atom. The molecular formula is C24H24N4O2. The number of aromatic nitrogens is 1. The van der Waals surface area contributed by atoms with Crippen molar-refractivity contribution in [3.8, 4) is 6.07 Å². The number of hydrogen-bond acceptors (Lipinski definition) is 5. The zero-order chi connectivity index (χ0) is 20.8. The fourth-order valence-corrected chi connectivity index (χ4v) is 3.96. The molecule has 1 saturated heterocycles. The van der Waals surface area contributed by atoms with Gasteiger partial charge in [-0.15, -0.1) is 0 Å². The van der Waals surface area contributed by atoms with Crippen LogP contribution in [0.25, 0.3) is 0 Å². The van der Waals surface area contributed by atoms with E-state index in [0.717, 1.165) is 38.2 Å². The summed E-state index contributed by atoms with van der Waals surface area (Å²) in [6, 6.07) is 17.0. The zero-order valence-corrected chi connectivity index (χ0v) is 16.8. The molecule has 0 bridgehead atoms. The van der Waals surface area contributed by atoms with Gasteiger partial charge in [-0.3, -0.25) is 14.7 Å². The molecule has 1 aromatic carbocycles. The summed E-state index contributed by atoms with van der Waals surface area (Å²) in [5, 5.41) is 9.19. The SMILES string of the molecule is N#Cc1cccc(C(=O)N(Cc2ccco2)C2CCN(Cc3ccncc3)CC2)c1. The molecule has 1 amide bonds. The Hall–Kier alpha value is -3.43. The molecular weight excluding hydrogens is 376 g/mol. The van der Waals surface area contributed by atoms with Crippen LogP contribution >= 0.6 is 0 Å². The largest absolute Gasteiger partial charge is 0.467 e. The lowest BCUT2D eigenvalue weighted by molar-refractivity contribution is 0.0523. The van der Waals surface area contributed by atoms with Crippen molar-refractivity contribution in [1.82, 2.24) is 14.8 Å². The highest BCUT2D eigenvalue weighted by molar-refractivity contribution is 5.94. The Morgan fingerprint density at radius 2 is 1.97 bits per heavy atom. The van der Waals surface area contributed by atoms with Gasteiger partial charge in [0, 0.05) is 43.6 Å². The minimum Gasteiger partial charge on any atom is -0.467 e. The van der Waals surface area contributed by atoms with Crippen LogP contribution in [0.5, 0.6) is 0 Å². The molecule has 152 valence electrons. The molecule has 6 heteroatoms. The van der Waals surface area contributed by atoms with Gasteiger partial charge < -0.3 is 9.32 Å². The number of piperidine rings is 1. The molecule has 6 nitrogen and oxygen atoms in total. The van der Waals surface area contributed by atoms with Gasteiger partial charge in [0.15, 0.2) is 0 Å². The molecule has 0 aliphatic carbocycles. The first-order chi connectivity index (χ1) is 14.7. The average molecular weight is 400 g/mol. The van der Waals surface area contributed by atoms with Gasteiger partial charge in [-0.25, -0.2) is 0 Å². The lowest BCUT2D eigenvalue weighted by Gasteiger charge is -2.38. The Kier molecular flexibility index (Phi) is 6.21. The lowest BCUT2D eigenvalue weighted by Crippen LogP contribution is -2.46. The fraction of sp³-hybridized carbons (Fsp3) is 0.292. The van der Waals surface area contributed by atoms with Crippen molar-refractivity contribution in [2.24, 2.45) is 0 Å². The molecule has 1 aliphatic heterocycles. The molecule has 0 unspecified atom stereocenters. The summed E-state index contributed by atoms with van der Waals surface area (Å²) in [5.74, 6) is 0.704. The number of benzene rings is 1. The van der Waals surface area contributed by atoms with Gasteiger partial charge in [0.05, 0.1) is 24.4 Å². The first-order valence-electron chi connectivity index (χ1n) is 10.2. The third-order valence-electron chi connectivity index (χ3n) is 5.56. The molecule has 0 saturated carbocycles. The summed E-state index contributed by atoms with van der Waals surface area (Å²) in [5.41, 5.74) is 2.28. The van der Waals surface area contributed by atoms with Crippen molar-refractivity contribution in [3.05, 3.63) is 89.6 Å². The summed E-state index contributed by atoms with van der Waals surface area (Å²) in [6.45, 7) is 3.17. The predicted octanol–water partition coefficient (Wildman–Crippen LogP) is 3.85. The van der Waals surface area contributed by atoms with Crippen LogP contribution in [0.15, 0.2) is 71.6 Å². The first-order valence-corrected chi connectivity index (χ1v) is 10.2. The van der Waals surface area contributed by atoms with Gasteiger partial charge >= 0.3 is 0 Å². The summed E-state index contributed by atoms with van der Waals surface area (Å²) >= 11 is 0. The molecule has 0 spiro atoms. The van der Waals surface area contributed by atoms with Gasteiger partial charge in [0.2, 0.25) is 0 Å². The maximum atomic E-state index is 13.4. The average Bonchev–Trinajstić information content (AvgIpc) is 3.32. The van der Waals surface area contributed by atoms with E-state index in [1.807, 2.05) is 41.6 Å². The van der Waals surface area contributed by atoms with Crippen LogP contribution in [0, 0.1) is 11.3 Å². The predicted molar refractivity (Wildman–Crippen MR) is 112 cm³/mol. The highest BCUT2D eigenvalue weighted by Crippen LogP contribution is 2.23. The lowest BCUT2D eigenvalue weighted by atomic mass is 10.0. The van der Waals surface area contributed by atoms with Crippen LogP contribution < -0.4 is 0 Å². The third kappa shape index (κ3) is 4.76. The van der Waals surface area contributed by atoms with Crippen molar-refractivity contribution < 1.29 is 9.21 Å². The molecule has 2 aromatic heterocycles. The monoisotopic (exact) mass is 400 g/mol. The molecule has 30 heavy (non-hydrogen) atoms. The third-order valence-corrected chi connectivity index (χ3v) is 5.56. The molecule has 1 aliphatic rings. The Bertz CT molecular complexity index is 1000. The van der Waals surface area contributed by atoms with Gasteiger partial charge in [0.25, 0.3) is 5.91 Å². The van der Waals surface area contributed by atoms with Crippen LogP contribution in [0.1, 0.15) is 40.1 Å². The summed E-state index contributed by atoms with van der Waals surface area (Å²) < 4.78 is 5.52. The Labute approximate surface area is 176 Å². The van der Waals surface area contributed by atoms with Crippen LogP contribution in [0.2, 0.25) is 0 Å². The molecule has 4 rings (SSSR count). The van der Waals surface area contributed by atoms with Crippen LogP contribution in [0.3, 0.4) is 0 Å². The Balaban J connectivity index is 1.47. The van der Waals surface area contributed by atoms with E-state index < -0.39 is 0 Å². The minimum absolute atomic E-state index is 0.0592. The van der Waals surface area contributed by atoms with Gasteiger partial charge in [-0.1, -0.05) is 6.07 Å². The van der Waals surface area contributed by atoms with Gasteiger partial charge in [-0.05, 0) is 60.9 Å². The maximum Gasteiger partial charge on any atom is 0.254 e. The number of amides is 1. The minimum atomic E-state index is -0.0592. The van der Waals surface area contributed by atoms with E-state index in [0.29, 0.717) is 17.7 Å². The number of nitriles is 1. The number of carbonyl (C=O) groups is 1. The number of likely N-dealkylation sites (tertiary alicyclic amines) is 1. The number of hydrogen-bond donors (Lipinski definition) is 0. The smallest absolute Gasteiger partial charge is 0.254 e.